The molecule has 9 rings (SSSR count). The van der Waals surface area contributed by atoms with Crippen molar-refractivity contribution in [2.75, 3.05) is 0 Å². The molecule has 0 aliphatic carbocycles. The van der Waals surface area contributed by atoms with E-state index in [4.69, 9.17) is 9.97 Å². The van der Waals surface area contributed by atoms with E-state index in [-0.39, 0.29) is 0 Å². The molecule has 0 N–H and O–H groups in total. The molecular formula is C40H24N2S2. The van der Waals surface area contributed by atoms with Crippen LogP contribution in [0.15, 0.2) is 146 Å². The fourth-order valence-electron chi connectivity index (χ4n) is 6.02. The average Bonchev–Trinajstić information content (AvgIpc) is 3.77. The van der Waals surface area contributed by atoms with Crippen LogP contribution in [-0.2, 0) is 0 Å². The van der Waals surface area contributed by atoms with Crippen LogP contribution in [0.3, 0.4) is 0 Å². The van der Waals surface area contributed by atoms with Crippen molar-refractivity contribution in [3.05, 3.63) is 146 Å². The Labute approximate surface area is 262 Å². The first-order chi connectivity index (χ1) is 21.7. The molecule has 0 fully saturated rings. The van der Waals surface area contributed by atoms with E-state index in [1.165, 1.54) is 64.0 Å². The zero-order valence-electron chi connectivity index (χ0n) is 23.6. The Morgan fingerprint density at radius 2 is 0.659 bits per heavy atom. The van der Waals surface area contributed by atoms with Crippen LogP contribution in [0.4, 0.5) is 0 Å². The standard InChI is InChI=1S/C40H24N2S2/c1-3-7-29-19-35-21-33(15-13-31(35)17-27(29)5-1)37-23-41-39(43-37)25-9-11-26(12-10-25)40-42-24-38(44-40)34-16-14-32-18-28-6-2-4-8-30(28)20-36(32)22-34/h1-24H. The van der Waals surface area contributed by atoms with Gasteiger partial charge >= 0.3 is 0 Å². The normalized spacial score (nSPS) is 11.6. The third-order valence-corrected chi connectivity index (χ3v) is 10.6. The Kier molecular flexibility index (Phi) is 5.90. The largest absolute Gasteiger partial charge is 0.244 e. The first-order valence-electron chi connectivity index (χ1n) is 14.6. The van der Waals surface area contributed by atoms with Crippen molar-refractivity contribution in [1.29, 1.82) is 0 Å². The van der Waals surface area contributed by atoms with E-state index >= 15 is 0 Å². The van der Waals surface area contributed by atoms with Crippen LogP contribution >= 0.6 is 22.7 Å². The van der Waals surface area contributed by atoms with Gasteiger partial charge in [0.2, 0.25) is 0 Å². The number of rotatable bonds is 4. The second-order valence-corrected chi connectivity index (χ2v) is 13.2. The summed E-state index contributed by atoms with van der Waals surface area (Å²) in [4.78, 5) is 11.9. The lowest BCUT2D eigenvalue weighted by atomic mass is 10.0. The quantitative estimate of drug-likeness (QED) is 0.189. The van der Waals surface area contributed by atoms with Gasteiger partial charge in [0.15, 0.2) is 0 Å². The van der Waals surface area contributed by atoms with Crippen molar-refractivity contribution < 1.29 is 0 Å². The lowest BCUT2D eigenvalue weighted by Gasteiger charge is -2.04. The average molecular weight is 597 g/mol. The molecule has 0 amide bonds. The molecule has 0 aliphatic rings. The molecule has 0 radical (unpaired) electrons. The summed E-state index contributed by atoms with van der Waals surface area (Å²) in [6.07, 6.45) is 3.99. The summed E-state index contributed by atoms with van der Waals surface area (Å²) >= 11 is 3.46. The Balaban J connectivity index is 0.974. The third kappa shape index (κ3) is 4.47. The van der Waals surface area contributed by atoms with Crippen molar-refractivity contribution in [2.45, 2.75) is 0 Å². The summed E-state index contributed by atoms with van der Waals surface area (Å²) in [6, 6.07) is 48.2. The van der Waals surface area contributed by atoms with Gasteiger partial charge in [-0.05, 0) is 90.6 Å². The van der Waals surface area contributed by atoms with E-state index in [0.29, 0.717) is 0 Å². The molecule has 2 nitrogen and oxygen atoms in total. The van der Waals surface area contributed by atoms with E-state index in [2.05, 4.69) is 133 Å². The SMILES string of the molecule is c1ccc2cc3cc(-c4cnc(-c5ccc(-c6ncc(-c7ccc8cc9ccccc9cc8c7)s6)cc5)s4)ccc3cc2c1. The molecule has 4 heteroatoms. The second-order valence-electron chi connectivity index (χ2n) is 11.2. The number of hydrogen-bond acceptors (Lipinski definition) is 4. The minimum Gasteiger partial charge on any atom is -0.244 e. The summed E-state index contributed by atoms with van der Waals surface area (Å²) in [5.41, 5.74) is 4.64. The van der Waals surface area contributed by atoms with E-state index in [9.17, 15) is 0 Å². The van der Waals surface area contributed by atoms with Gasteiger partial charge in [-0.2, -0.15) is 0 Å². The maximum atomic E-state index is 4.79. The van der Waals surface area contributed by atoms with Crippen molar-refractivity contribution in [3.63, 3.8) is 0 Å². The molecular weight excluding hydrogens is 573 g/mol. The second kappa shape index (κ2) is 10.2. The zero-order chi connectivity index (χ0) is 29.0. The van der Waals surface area contributed by atoms with Crippen LogP contribution in [0.1, 0.15) is 0 Å². The van der Waals surface area contributed by atoms with Crippen LogP contribution in [0.2, 0.25) is 0 Å². The molecule has 0 spiro atoms. The summed E-state index contributed by atoms with van der Waals surface area (Å²) in [5, 5.41) is 12.1. The van der Waals surface area contributed by atoms with Crippen LogP contribution in [-0.4, -0.2) is 9.97 Å². The molecule has 0 aliphatic heterocycles. The fourth-order valence-corrected chi connectivity index (χ4v) is 7.86. The topological polar surface area (TPSA) is 25.8 Å². The van der Waals surface area contributed by atoms with Gasteiger partial charge in [0.05, 0.1) is 9.75 Å². The molecule has 0 unspecified atom stereocenters. The van der Waals surface area contributed by atoms with E-state index < -0.39 is 0 Å². The predicted octanol–water partition coefficient (Wildman–Crippen LogP) is 11.9. The van der Waals surface area contributed by atoms with Gasteiger partial charge in [-0.25, -0.2) is 9.97 Å². The monoisotopic (exact) mass is 596 g/mol. The van der Waals surface area contributed by atoms with Crippen molar-refractivity contribution in [1.82, 2.24) is 9.97 Å². The number of hydrogen-bond donors (Lipinski definition) is 0. The summed E-state index contributed by atoms with van der Waals surface area (Å²) in [5.74, 6) is 0. The molecule has 44 heavy (non-hydrogen) atoms. The highest BCUT2D eigenvalue weighted by molar-refractivity contribution is 7.18. The maximum Gasteiger partial charge on any atom is 0.123 e. The van der Waals surface area contributed by atoms with Crippen LogP contribution in [0, 0.1) is 0 Å². The highest BCUT2D eigenvalue weighted by atomic mass is 32.1. The highest BCUT2D eigenvalue weighted by Crippen LogP contribution is 2.37. The minimum atomic E-state index is 1.02. The number of thiazole rings is 2. The van der Waals surface area contributed by atoms with E-state index in [0.717, 1.165) is 21.1 Å². The molecule has 0 atom stereocenters. The van der Waals surface area contributed by atoms with Crippen LogP contribution < -0.4 is 0 Å². The lowest BCUT2D eigenvalue weighted by molar-refractivity contribution is 1.40. The highest BCUT2D eigenvalue weighted by Gasteiger charge is 2.11. The van der Waals surface area contributed by atoms with Gasteiger partial charge in [-0.3, -0.25) is 0 Å². The van der Waals surface area contributed by atoms with E-state index in [1.54, 1.807) is 22.7 Å². The zero-order valence-corrected chi connectivity index (χ0v) is 25.2. The van der Waals surface area contributed by atoms with Gasteiger partial charge in [-0.15, -0.1) is 22.7 Å². The lowest BCUT2D eigenvalue weighted by Crippen LogP contribution is -1.78. The van der Waals surface area contributed by atoms with E-state index in [1.807, 2.05) is 12.4 Å². The Morgan fingerprint density at radius 3 is 1.07 bits per heavy atom. The smallest absolute Gasteiger partial charge is 0.123 e. The van der Waals surface area contributed by atoms with Crippen LogP contribution in [0.5, 0.6) is 0 Å². The van der Waals surface area contributed by atoms with Gasteiger partial charge in [0.1, 0.15) is 10.0 Å². The molecule has 7 aromatic carbocycles. The Hall–Kier alpha value is -5.16. The molecule has 2 heterocycles. The molecule has 2 aromatic heterocycles. The maximum absolute atomic E-state index is 4.79. The molecule has 0 saturated carbocycles. The predicted molar refractivity (Wildman–Crippen MR) is 190 cm³/mol. The van der Waals surface area contributed by atoms with Crippen molar-refractivity contribution in [3.8, 4) is 42.0 Å². The molecule has 0 bridgehead atoms. The summed E-state index contributed by atoms with van der Waals surface area (Å²) in [6.45, 7) is 0. The van der Waals surface area contributed by atoms with Gasteiger partial charge < -0.3 is 0 Å². The Morgan fingerprint density at radius 1 is 0.318 bits per heavy atom. The van der Waals surface area contributed by atoms with Gasteiger partial charge in [0.25, 0.3) is 0 Å². The molecule has 9 aromatic rings. The molecule has 0 saturated heterocycles. The number of benzene rings is 7. The summed E-state index contributed by atoms with van der Waals surface area (Å²) in [7, 11) is 0. The van der Waals surface area contributed by atoms with Crippen molar-refractivity contribution >= 4 is 65.8 Å². The number of fused-ring (bicyclic) bond motifs is 4. The fraction of sp³-hybridized carbons (Fsp3) is 0. The van der Waals surface area contributed by atoms with Gasteiger partial charge in [0, 0.05) is 23.5 Å². The number of aromatic nitrogens is 2. The third-order valence-electron chi connectivity index (χ3n) is 8.37. The number of nitrogens with zero attached hydrogens (tertiary/aromatic N) is 2. The Bertz CT molecular complexity index is 2330. The minimum absolute atomic E-state index is 1.02. The van der Waals surface area contributed by atoms with Gasteiger partial charge in [-0.1, -0.05) is 97.1 Å². The molecule has 206 valence electrons. The van der Waals surface area contributed by atoms with Crippen molar-refractivity contribution in [2.24, 2.45) is 0 Å². The first kappa shape index (κ1) is 25.3. The summed E-state index contributed by atoms with van der Waals surface area (Å²) < 4.78 is 0. The van der Waals surface area contributed by atoms with Crippen LogP contribution in [0.25, 0.3) is 85.1 Å². The first-order valence-corrected chi connectivity index (χ1v) is 16.3.